The number of rotatable bonds is 4. The van der Waals surface area contributed by atoms with Crippen LogP contribution in [0.15, 0.2) is 53.4 Å². The first-order valence-electron chi connectivity index (χ1n) is 6.22. The van der Waals surface area contributed by atoms with Gasteiger partial charge in [-0.05, 0) is 24.6 Å². The van der Waals surface area contributed by atoms with Gasteiger partial charge in [0.25, 0.3) is 10.0 Å². The molecule has 0 radical (unpaired) electrons. The maximum Gasteiger partial charge on any atom is 0.270 e. The van der Waals surface area contributed by atoms with E-state index in [0.29, 0.717) is 5.69 Å². The molecule has 1 atom stereocenters. The Morgan fingerprint density at radius 1 is 1.10 bits per heavy atom. The largest absolute Gasteiger partial charge is 0.595 e. The predicted octanol–water partition coefficient (Wildman–Crippen LogP) is 1.22. The van der Waals surface area contributed by atoms with E-state index in [-0.39, 0.29) is 10.6 Å². The molecular formula is C14H16N2O4S. The van der Waals surface area contributed by atoms with E-state index in [4.69, 9.17) is 5.21 Å². The van der Waals surface area contributed by atoms with Crippen molar-refractivity contribution in [3.05, 3.63) is 59.3 Å². The molecule has 2 rings (SSSR count). The molecule has 0 amide bonds. The Morgan fingerprint density at radius 3 is 2.29 bits per heavy atom. The summed E-state index contributed by atoms with van der Waals surface area (Å²) in [5.74, 6) is 0. The zero-order chi connectivity index (χ0) is 15.6. The second-order valence-electron chi connectivity index (χ2n) is 4.56. The molecule has 1 unspecified atom stereocenters. The smallest absolute Gasteiger partial charge is 0.270 e. The Hall–Kier alpha value is -1.93. The summed E-state index contributed by atoms with van der Waals surface area (Å²) < 4.78 is 26.4. The van der Waals surface area contributed by atoms with Crippen LogP contribution in [0, 0.1) is 12.1 Å². The van der Waals surface area contributed by atoms with E-state index in [1.807, 2.05) is 6.07 Å². The second kappa shape index (κ2) is 5.82. The van der Waals surface area contributed by atoms with Crippen LogP contribution >= 0.6 is 0 Å². The number of hydrogen-bond donors (Lipinski definition) is 2. The van der Waals surface area contributed by atoms with E-state index < -0.39 is 15.2 Å². The van der Waals surface area contributed by atoms with Gasteiger partial charge in [-0.2, -0.15) is 5.23 Å². The predicted molar refractivity (Wildman–Crippen MR) is 79.0 cm³/mol. The van der Waals surface area contributed by atoms with Gasteiger partial charge in [-0.25, -0.2) is 13.6 Å². The molecule has 0 fully saturated rings. The lowest BCUT2D eigenvalue weighted by molar-refractivity contribution is -0.992. The third-order valence-electron chi connectivity index (χ3n) is 3.21. The average Bonchev–Trinajstić information content (AvgIpc) is 2.47. The Labute approximate surface area is 123 Å². The van der Waals surface area contributed by atoms with E-state index in [1.54, 1.807) is 25.1 Å². The molecule has 7 heteroatoms. The average molecular weight is 308 g/mol. The zero-order valence-electron chi connectivity index (χ0n) is 11.6. The van der Waals surface area contributed by atoms with Gasteiger partial charge in [-0.1, -0.05) is 30.3 Å². The fraction of sp³-hybridized carbons (Fsp3) is 0.143. The molecule has 2 aromatic carbocycles. The highest BCUT2D eigenvalue weighted by Crippen LogP contribution is 2.27. The molecule has 0 aliphatic carbocycles. The zero-order valence-corrected chi connectivity index (χ0v) is 12.5. The summed E-state index contributed by atoms with van der Waals surface area (Å²) in [5.41, 5.74) is 1.06. The summed E-state index contributed by atoms with van der Waals surface area (Å²) in [7, 11) is -2.52. The van der Waals surface area contributed by atoms with Gasteiger partial charge >= 0.3 is 0 Å². The van der Waals surface area contributed by atoms with Crippen LogP contribution in [0.4, 0.5) is 11.4 Å². The van der Waals surface area contributed by atoms with E-state index in [2.05, 4.69) is 0 Å². The number of hydrogen-bond acceptors (Lipinski definition) is 4. The summed E-state index contributed by atoms with van der Waals surface area (Å²) in [6, 6.07) is 12.6. The third kappa shape index (κ3) is 2.91. The second-order valence-corrected chi connectivity index (χ2v) is 6.50. The number of anilines is 1. The fourth-order valence-electron chi connectivity index (χ4n) is 2.06. The van der Waals surface area contributed by atoms with Gasteiger partial charge in [0.1, 0.15) is 0 Å². The van der Waals surface area contributed by atoms with Gasteiger partial charge < -0.3 is 5.21 Å². The van der Waals surface area contributed by atoms with Crippen LogP contribution in [-0.2, 0) is 10.0 Å². The molecule has 21 heavy (non-hydrogen) atoms. The summed E-state index contributed by atoms with van der Waals surface area (Å²) in [5, 5.41) is 19.1. The van der Waals surface area contributed by atoms with E-state index >= 15 is 0 Å². The van der Waals surface area contributed by atoms with Crippen molar-refractivity contribution in [2.45, 2.75) is 11.8 Å². The number of nitrogens with one attached hydrogen (secondary N) is 1. The van der Waals surface area contributed by atoms with Crippen molar-refractivity contribution in [3.63, 3.8) is 0 Å². The highest BCUT2D eigenvalue weighted by atomic mass is 32.2. The number of quaternary nitrogens is 1. The van der Waals surface area contributed by atoms with E-state index in [9.17, 15) is 13.6 Å². The highest BCUT2D eigenvalue weighted by molar-refractivity contribution is 7.93. The molecule has 2 aromatic rings. The van der Waals surface area contributed by atoms with Gasteiger partial charge in [0.2, 0.25) is 0 Å². The minimum Gasteiger partial charge on any atom is -0.595 e. The Balaban J connectivity index is 2.56. The standard InChI is InChI=1S/C14H16N2O4S/c1-11-7-3-4-8-12(11)15(2)21(19,20)14-10-6-5-9-13(14)16(17)18/h3-10,16-17H,1-2H3. The number of nitrogens with zero attached hydrogens (tertiary/aromatic N) is 1. The monoisotopic (exact) mass is 308 g/mol. The number of sulfonamides is 1. The Kier molecular flexibility index (Phi) is 4.29. The van der Waals surface area contributed by atoms with Crippen molar-refractivity contribution in [2.75, 3.05) is 11.4 Å². The first-order chi connectivity index (χ1) is 9.85. The molecule has 0 heterocycles. The molecule has 0 aliphatic rings. The fourth-order valence-corrected chi connectivity index (χ4v) is 3.50. The lowest BCUT2D eigenvalue weighted by atomic mass is 10.2. The van der Waals surface area contributed by atoms with Crippen LogP contribution in [0.3, 0.4) is 0 Å². The van der Waals surface area contributed by atoms with Crippen molar-refractivity contribution in [2.24, 2.45) is 0 Å². The van der Waals surface area contributed by atoms with E-state index in [1.165, 1.54) is 31.3 Å². The quantitative estimate of drug-likeness (QED) is 0.832. The Bertz CT molecular complexity index is 744. The molecular weight excluding hydrogens is 292 g/mol. The molecule has 0 spiro atoms. The summed E-state index contributed by atoms with van der Waals surface area (Å²) in [4.78, 5) is -0.219. The first-order valence-corrected chi connectivity index (χ1v) is 7.66. The summed E-state index contributed by atoms with van der Waals surface area (Å²) in [6.07, 6.45) is 0. The maximum absolute atomic E-state index is 12.7. The summed E-state index contributed by atoms with van der Waals surface area (Å²) >= 11 is 0. The molecule has 0 aliphatic heterocycles. The Morgan fingerprint density at radius 2 is 1.67 bits per heavy atom. The van der Waals surface area contributed by atoms with Crippen molar-refractivity contribution >= 4 is 21.4 Å². The van der Waals surface area contributed by atoms with E-state index in [0.717, 1.165) is 9.87 Å². The van der Waals surface area contributed by atoms with Crippen LogP contribution < -0.4 is 9.53 Å². The normalized spacial score (nSPS) is 13.0. The first kappa shape index (κ1) is 15.5. The van der Waals surface area contributed by atoms with Crippen LogP contribution in [-0.4, -0.2) is 20.7 Å². The molecule has 0 saturated heterocycles. The van der Waals surface area contributed by atoms with Crippen molar-refractivity contribution in [3.8, 4) is 0 Å². The van der Waals surface area contributed by atoms with Crippen LogP contribution in [0.25, 0.3) is 0 Å². The molecule has 6 nitrogen and oxygen atoms in total. The number of benzene rings is 2. The molecule has 2 N–H and O–H groups in total. The van der Waals surface area contributed by atoms with Crippen molar-refractivity contribution in [1.29, 1.82) is 0 Å². The van der Waals surface area contributed by atoms with Crippen LogP contribution in [0.5, 0.6) is 0 Å². The topological polar surface area (TPSA) is 85.1 Å². The van der Waals surface area contributed by atoms with Crippen molar-refractivity contribution in [1.82, 2.24) is 0 Å². The SMILES string of the molecule is Cc1ccccc1N(C)S(=O)(=O)c1ccccc1[NH+]([O-])O. The molecule has 0 bridgehead atoms. The van der Waals surface area contributed by atoms with Gasteiger partial charge in [0.05, 0.1) is 5.69 Å². The number of aryl methyl sites for hydroxylation is 1. The van der Waals surface area contributed by atoms with Crippen molar-refractivity contribution < 1.29 is 18.9 Å². The minimum atomic E-state index is -3.94. The van der Waals surface area contributed by atoms with Gasteiger partial charge in [-0.15, -0.1) is 0 Å². The van der Waals surface area contributed by atoms with Gasteiger partial charge in [0, 0.05) is 13.1 Å². The van der Waals surface area contributed by atoms with Gasteiger partial charge in [-0.3, -0.25) is 4.31 Å². The highest BCUT2D eigenvalue weighted by Gasteiger charge is 2.27. The lowest BCUT2D eigenvalue weighted by Crippen LogP contribution is -2.99. The molecule has 112 valence electrons. The van der Waals surface area contributed by atoms with Crippen LogP contribution in [0.1, 0.15) is 5.56 Å². The number of para-hydroxylation sites is 2. The van der Waals surface area contributed by atoms with Crippen LogP contribution in [0.2, 0.25) is 0 Å². The van der Waals surface area contributed by atoms with Gasteiger partial charge in [0.15, 0.2) is 10.6 Å². The summed E-state index contributed by atoms with van der Waals surface area (Å²) in [6.45, 7) is 1.80. The molecule has 0 aromatic heterocycles. The third-order valence-corrected chi connectivity index (χ3v) is 5.04. The molecule has 0 saturated carbocycles. The lowest BCUT2D eigenvalue weighted by Gasteiger charge is -2.23. The minimum absolute atomic E-state index is 0.219. The maximum atomic E-state index is 12.7.